The van der Waals surface area contributed by atoms with Gasteiger partial charge in [-0.05, 0) is 117 Å². The van der Waals surface area contributed by atoms with Crippen LogP contribution in [-0.4, -0.2) is 87.5 Å². The molecule has 352 valence electrons. The number of pyridine rings is 1. The second-order valence-electron chi connectivity index (χ2n) is 19.4. The standard InChI is InChI=1S/C49H56FN9O7S/c1-29(2)35-6-3-4-7-36(35)39-8-5-17-58(39)32-24-49(25-32)14-18-57(19-15-49)40-22-42(66-34-20-31-13-16-51-47(31)53-27-34)37(21-38(40)50)48(61)56-67(64,65)43-23-41(59(62)63)44(46-45(43)54-28-55-46)52-26-30-9-11-33(60)12-10-30/h3-4,6-7,13,16,20-23,27-30,32-33,39,52,60H,5,8-12,14-15,17-19,24-26H2,1-2H3,(H,51,53)(H,54,55)(H,56,61). The van der Waals surface area contributed by atoms with E-state index in [1.807, 2.05) is 9.62 Å². The minimum Gasteiger partial charge on any atom is -0.455 e. The van der Waals surface area contributed by atoms with Crippen LogP contribution in [-0.2, 0) is 10.0 Å². The minimum atomic E-state index is -4.87. The summed E-state index contributed by atoms with van der Waals surface area (Å²) < 4.78 is 53.1. The van der Waals surface area contributed by atoms with Gasteiger partial charge in [0.05, 0.1) is 40.3 Å². The molecule has 18 heteroatoms. The fourth-order valence-corrected chi connectivity index (χ4v) is 12.4. The lowest BCUT2D eigenvalue weighted by Crippen LogP contribution is -2.55. The molecule has 1 unspecified atom stereocenters. The van der Waals surface area contributed by atoms with E-state index in [0.717, 1.165) is 69.0 Å². The Kier molecular flexibility index (Phi) is 11.9. The maximum Gasteiger partial charge on any atom is 0.296 e. The Labute approximate surface area is 387 Å². The lowest BCUT2D eigenvalue weighted by Gasteiger charge is -2.56. The summed E-state index contributed by atoms with van der Waals surface area (Å²) >= 11 is 0. The molecule has 0 radical (unpaired) electrons. The molecule has 3 aromatic heterocycles. The number of halogens is 1. The number of fused-ring (bicyclic) bond motifs is 2. The van der Waals surface area contributed by atoms with E-state index in [2.05, 4.69) is 68.3 Å². The van der Waals surface area contributed by atoms with Crippen molar-refractivity contribution in [1.82, 2.24) is 29.6 Å². The Hall–Kier alpha value is -6.11. The van der Waals surface area contributed by atoms with Crippen molar-refractivity contribution < 1.29 is 32.4 Å². The highest BCUT2D eigenvalue weighted by atomic mass is 32.2. The number of carbonyl (C=O) groups excluding carboxylic acids is 1. The number of hydrogen-bond donors (Lipinski definition) is 5. The maximum atomic E-state index is 16.5. The predicted octanol–water partition coefficient (Wildman–Crippen LogP) is 9.07. The number of likely N-dealkylation sites (tertiary alicyclic amines) is 1. The summed E-state index contributed by atoms with van der Waals surface area (Å²) in [6.07, 6.45) is 13.0. The summed E-state index contributed by atoms with van der Waals surface area (Å²) in [7, 11) is -4.87. The summed E-state index contributed by atoms with van der Waals surface area (Å²) in [5.41, 5.74) is 2.91. The number of H-pyrrole nitrogens is 2. The summed E-state index contributed by atoms with van der Waals surface area (Å²) in [5, 5.41) is 26.2. The number of anilines is 2. The molecule has 5 N–H and O–H groups in total. The highest BCUT2D eigenvalue weighted by Gasteiger charge is 2.50. The molecule has 1 amide bonds. The van der Waals surface area contributed by atoms with Crippen molar-refractivity contribution in [2.24, 2.45) is 11.3 Å². The van der Waals surface area contributed by atoms with Crippen molar-refractivity contribution in [3.63, 3.8) is 0 Å². The van der Waals surface area contributed by atoms with Gasteiger partial charge in [0.1, 0.15) is 39.1 Å². The number of benzene rings is 3. The Morgan fingerprint density at radius 3 is 2.57 bits per heavy atom. The number of aromatic amines is 2. The number of rotatable bonds is 13. The highest BCUT2D eigenvalue weighted by Crippen LogP contribution is 2.54. The molecule has 2 aliphatic heterocycles. The van der Waals surface area contributed by atoms with Gasteiger partial charge in [0.25, 0.3) is 21.6 Å². The summed E-state index contributed by atoms with van der Waals surface area (Å²) in [5.74, 6) is -1.21. The van der Waals surface area contributed by atoms with Crippen molar-refractivity contribution in [2.45, 2.75) is 107 Å². The third-order valence-corrected chi connectivity index (χ3v) is 16.2. The largest absolute Gasteiger partial charge is 0.455 e. The number of ether oxygens (including phenoxy) is 1. The van der Waals surface area contributed by atoms with Crippen LogP contribution in [0.1, 0.15) is 112 Å². The molecule has 10 rings (SSSR count). The first-order valence-electron chi connectivity index (χ1n) is 23.4. The van der Waals surface area contributed by atoms with Gasteiger partial charge in [-0.15, -0.1) is 0 Å². The lowest BCUT2D eigenvalue weighted by molar-refractivity contribution is -0.384. The Morgan fingerprint density at radius 2 is 1.81 bits per heavy atom. The van der Waals surface area contributed by atoms with E-state index in [9.17, 15) is 28.4 Å². The number of aromatic nitrogens is 4. The first-order valence-corrected chi connectivity index (χ1v) is 24.9. The molecular weight excluding hydrogens is 878 g/mol. The monoisotopic (exact) mass is 933 g/mol. The second kappa shape index (κ2) is 17.8. The van der Waals surface area contributed by atoms with Crippen molar-refractivity contribution in [1.29, 1.82) is 0 Å². The molecule has 2 saturated carbocycles. The van der Waals surface area contributed by atoms with Gasteiger partial charge in [0.2, 0.25) is 0 Å². The Balaban J connectivity index is 0.890. The number of carbonyl (C=O) groups is 1. The van der Waals surface area contributed by atoms with E-state index < -0.39 is 42.8 Å². The summed E-state index contributed by atoms with van der Waals surface area (Å²) in [6, 6.07) is 16.6. The van der Waals surface area contributed by atoms with Crippen LogP contribution in [0.5, 0.6) is 11.5 Å². The average molecular weight is 934 g/mol. The molecule has 0 bridgehead atoms. The van der Waals surface area contributed by atoms with Crippen molar-refractivity contribution in [3.8, 4) is 11.5 Å². The zero-order chi connectivity index (χ0) is 46.6. The van der Waals surface area contributed by atoms with Crippen LogP contribution in [0.4, 0.5) is 21.5 Å². The smallest absolute Gasteiger partial charge is 0.296 e. The van der Waals surface area contributed by atoms with Gasteiger partial charge < -0.3 is 30.0 Å². The number of piperidine rings is 1. The number of nitro groups is 1. The van der Waals surface area contributed by atoms with Gasteiger partial charge in [0, 0.05) is 55.4 Å². The van der Waals surface area contributed by atoms with Crippen LogP contribution in [0.3, 0.4) is 0 Å². The topological polar surface area (TPSA) is 212 Å². The number of imidazole rings is 1. The number of amides is 1. The molecule has 67 heavy (non-hydrogen) atoms. The first kappa shape index (κ1) is 44.7. The van der Waals surface area contributed by atoms with Crippen LogP contribution in [0.2, 0.25) is 0 Å². The van der Waals surface area contributed by atoms with Gasteiger partial charge in [0.15, 0.2) is 0 Å². The van der Waals surface area contributed by atoms with Crippen molar-refractivity contribution in [2.75, 3.05) is 36.4 Å². The van der Waals surface area contributed by atoms with Gasteiger partial charge in [-0.25, -0.2) is 27.5 Å². The fraction of sp³-hybridized carbons (Fsp3) is 0.449. The summed E-state index contributed by atoms with van der Waals surface area (Å²) in [6.45, 7) is 7.15. The third-order valence-electron chi connectivity index (χ3n) is 14.9. The maximum absolute atomic E-state index is 16.5. The van der Waals surface area contributed by atoms with Crippen LogP contribution in [0.15, 0.2) is 78.2 Å². The van der Waals surface area contributed by atoms with Crippen molar-refractivity contribution in [3.05, 3.63) is 106 Å². The summed E-state index contributed by atoms with van der Waals surface area (Å²) in [4.78, 5) is 44.4. The third kappa shape index (κ3) is 8.70. The number of nitrogens with zero attached hydrogens (tertiary/aromatic N) is 5. The van der Waals surface area contributed by atoms with Gasteiger partial charge in [-0.1, -0.05) is 38.1 Å². The van der Waals surface area contributed by atoms with Crippen LogP contribution in [0, 0.1) is 27.3 Å². The molecule has 4 aliphatic rings. The average Bonchev–Trinajstić information content (AvgIpc) is 4.10. The molecule has 16 nitrogen and oxygen atoms in total. The lowest BCUT2D eigenvalue weighted by atomic mass is 9.59. The van der Waals surface area contributed by atoms with Crippen LogP contribution < -0.4 is 19.7 Å². The zero-order valence-corrected chi connectivity index (χ0v) is 38.4. The number of aliphatic hydroxyl groups excluding tert-OH is 1. The number of aliphatic hydroxyl groups is 1. The number of hydrogen-bond acceptors (Lipinski definition) is 12. The number of sulfonamides is 1. The first-order chi connectivity index (χ1) is 32.3. The van der Waals surface area contributed by atoms with E-state index in [1.54, 1.807) is 18.3 Å². The minimum absolute atomic E-state index is 0.0551. The molecule has 2 aliphatic carbocycles. The van der Waals surface area contributed by atoms with Crippen LogP contribution >= 0.6 is 0 Å². The molecule has 2 saturated heterocycles. The quantitative estimate of drug-likeness (QED) is 0.0542. The molecule has 5 heterocycles. The SMILES string of the molecule is CC(C)c1ccccc1C1CCCN1C1CC2(CCN(c3cc(Oc4cnc5[nH]ccc5c4)c(C(=O)NS(=O)(=O)c4cc([N+](=O)[O-])c(NCC5CCC(O)CC5)c5[nH]cnc45)cc3F)CC2)C1. The molecule has 6 aromatic rings. The van der Waals surface area contributed by atoms with E-state index in [1.165, 1.54) is 36.1 Å². The molecular formula is C49H56FN9O7S. The van der Waals surface area contributed by atoms with E-state index in [0.29, 0.717) is 56.1 Å². The molecule has 3 aromatic carbocycles. The van der Waals surface area contributed by atoms with Crippen LogP contribution in [0.25, 0.3) is 22.1 Å². The molecule has 1 atom stereocenters. The van der Waals surface area contributed by atoms with Gasteiger partial charge >= 0.3 is 0 Å². The predicted molar refractivity (Wildman–Crippen MR) is 253 cm³/mol. The zero-order valence-electron chi connectivity index (χ0n) is 37.6. The van der Waals surface area contributed by atoms with E-state index in [-0.39, 0.29) is 51.3 Å². The van der Waals surface area contributed by atoms with E-state index >= 15 is 4.39 Å². The number of nitrogens with one attached hydrogen (secondary N) is 4. The van der Waals surface area contributed by atoms with Gasteiger partial charge in [-0.3, -0.25) is 19.8 Å². The molecule has 4 fully saturated rings. The Bertz CT molecular complexity index is 2950. The number of nitro benzene ring substituents is 1. The Morgan fingerprint density at radius 1 is 1.03 bits per heavy atom. The van der Waals surface area contributed by atoms with Crippen molar-refractivity contribution >= 4 is 55.1 Å². The molecule has 1 spiro atoms. The van der Waals surface area contributed by atoms with Gasteiger partial charge in [-0.2, -0.15) is 0 Å². The second-order valence-corrected chi connectivity index (χ2v) is 21.0. The highest BCUT2D eigenvalue weighted by molar-refractivity contribution is 7.90. The normalized spacial score (nSPS) is 21.3. The fourth-order valence-electron chi connectivity index (χ4n) is 11.3. The van der Waals surface area contributed by atoms with E-state index in [4.69, 9.17) is 4.74 Å².